The van der Waals surface area contributed by atoms with E-state index in [1.807, 2.05) is 35.2 Å². The van der Waals surface area contributed by atoms with Gasteiger partial charge in [-0.25, -0.2) is 0 Å². The highest BCUT2D eigenvalue weighted by Gasteiger charge is 2.47. The third-order valence-electron chi connectivity index (χ3n) is 3.30. The maximum Gasteiger partial charge on any atom is 0.250 e. The highest BCUT2D eigenvalue weighted by molar-refractivity contribution is 5.79. The molecule has 1 aromatic carbocycles. The molecule has 1 unspecified atom stereocenters. The van der Waals surface area contributed by atoms with Crippen molar-refractivity contribution in [2.45, 2.75) is 5.66 Å². The Labute approximate surface area is 94.2 Å². The van der Waals surface area contributed by atoms with E-state index >= 15 is 0 Å². The van der Waals surface area contributed by atoms with Crippen LogP contribution in [-0.2, 0) is 15.2 Å². The van der Waals surface area contributed by atoms with Crippen molar-refractivity contribution in [1.82, 2.24) is 10.2 Å². The van der Waals surface area contributed by atoms with Crippen molar-refractivity contribution < 1.29 is 9.53 Å². The Morgan fingerprint density at radius 2 is 2.12 bits per heavy atom. The normalized spacial score (nSPS) is 29.2. The molecule has 1 amide bonds. The standard InChI is InChI=1S/C12H14N2O2/c15-11-8-16-9-12(13-6-7-14(11)12)10-4-2-1-3-5-10/h1-5,13H,6-9H2. The van der Waals surface area contributed by atoms with Crippen LogP contribution in [0.2, 0.25) is 0 Å². The molecule has 0 saturated carbocycles. The average molecular weight is 218 g/mol. The zero-order chi connectivity index (χ0) is 11.0. The van der Waals surface area contributed by atoms with Crippen molar-refractivity contribution in [1.29, 1.82) is 0 Å². The predicted molar refractivity (Wildman–Crippen MR) is 58.7 cm³/mol. The number of morpholine rings is 1. The zero-order valence-corrected chi connectivity index (χ0v) is 8.98. The summed E-state index contributed by atoms with van der Waals surface area (Å²) in [6.45, 7) is 2.32. The zero-order valence-electron chi connectivity index (χ0n) is 8.98. The largest absolute Gasteiger partial charge is 0.367 e. The number of nitrogens with one attached hydrogen (secondary N) is 1. The predicted octanol–water partition coefficient (Wildman–Crippen LogP) is 0.301. The Morgan fingerprint density at radius 1 is 1.31 bits per heavy atom. The summed E-state index contributed by atoms with van der Waals surface area (Å²) in [5.41, 5.74) is 0.664. The monoisotopic (exact) mass is 218 g/mol. The molecule has 0 bridgehead atoms. The van der Waals surface area contributed by atoms with Crippen molar-refractivity contribution in [2.24, 2.45) is 0 Å². The third-order valence-corrected chi connectivity index (χ3v) is 3.30. The Hall–Kier alpha value is -1.39. The summed E-state index contributed by atoms with van der Waals surface area (Å²) < 4.78 is 5.40. The van der Waals surface area contributed by atoms with E-state index < -0.39 is 5.66 Å². The third kappa shape index (κ3) is 1.27. The molecule has 2 saturated heterocycles. The minimum Gasteiger partial charge on any atom is -0.367 e. The molecule has 2 fully saturated rings. The second kappa shape index (κ2) is 3.57. The summed E-state index contributed by atoms with van der Waals surface area (Å²) in [7, 11) is 0. The summed E-state index contributed by atoms with van der Waals surface area (Å²) in [5.74, 6) is 0.0695. The first-order valence-electron chi connectivity index (χ1n) is 5.52. The quantitative estimate of drug-likeness (QED) is 0.737. The Bertz CT molecular complexity index is 407. The molecule has 0 radical (unpaired) electrons. The average Bonchev–Trinajstić information content (AvgIpc) is 2.77. The van der Waals surface area contributed by atoms with E-state index in [2.05, 4.69) is 5.32 Å². The number of amides is 1. The van der Waals surface area contributed by atoms with E-state index in [1.165, 1.54) is 0 Å². The summed E-state index contributed by atoms with van der Waals surface area (Å²) in [4.78, 5) is 13.7. The number of hydrogen-bond donors (Lipinski definition) is 1. The van der Waals surface area contributed by atoms with E-state index in [0.29, 0.717) is 6.61 Å². The van der Waals surface area contributed by atoms with Gasteiger partial charge in [-0.15, -0.1) is 0 Å². The molecule has 1 atom stereocenters. The maximum atomic E-state index is 11.8. The SMILES string of the molecule is O=C1COCC2(c3ccccc3)NCCN12. The highest BCUT2D eigenvalue weighted by atomic mass is 16.5. The fraction of sp³-hybridized carbons (Fsp3) is 0.417. The van der Waals surface area contributed by atoms with Gasteiger partial charge < -0.3 is 9.64 Å². The van der Waals surface area contributed by atoms with Gasteiger partial charge in [-0.05, 0) is 5.56 Å². The Balaban J connectivity index is 2.05. The topological polar surface area (TPSA) is 41.6 Å². The second-order valence-electron chi connectivity index (χ2n) is 4.19. The molecule has 1 aromatic rings. The molecule has 3 rings (SSSR count). The first-order chi connectivity index (χ1) is 7.83. The number of rotatable bonds is 1. The van der Waals surface area contributed by atoms with Crippen molar-refractivity contribution in [3.63, 3.8) is 0 Å². The van der Waals surface area contributed by atoms with Crippen LogP contribution in [0.3, 0.4) is 0 Å². The minimum absolute atomic E-state index is 0.0695. The van der Waals surface area contributed by atoms with Crippen LogP contribution in [0.4, 0.5) is 0 Å². The number of nitrogens with zero attached hydrogens (tertiary/aromatic N) is 1. The van der Waals surface area contributed by atoms with Crippen LogP contribution < -0.4 is 5.32 Å². The molecular formula is C12H14N2O2. The van der Waals surface area contributed by atoms with Gasteiger partial charge in [0.1, 0.15) is 12.3 Å². The van der Waals surface area contributed by atoms with Crippen LogP contribution in [0, 0.1) is 0 Å². The number of ether oxygens (including phenoxy) is 1. The molecular weight excluding hydrogens is 204 g/mol. The van der Waals surface area contributed by atoms with E-state index in [-0.39, 0.29) is 12.5 Å². The van der Waals surface area contributed by atoms with Gasteiger partial charge in [-0.1, -0.05) is 30.3 Å². The van der Waals surface area contributed by atoms with Gasteiger partial charge in [-0.2, -0.15) is 0 Å². The lowest BCUT2D eigenvalue weighted by Crippen LogP contribution is -2.58. The van der Waals surface area contributed by atoms with Crippen LogP contribution in [-0.4, -0.2) is 37.1 Å². The first-order valence-corrected chi connectivity index (χ1v) is 5.52. The van der Waals surface area contributed by atoms with Gasteiger partial charge in [0, 0.05) is 13.1 Å². The molecule has 4 nitrogen and oxygen atoms in total. The van der Waals surface area contributed by atoms with Crippen LogP contribution in [0.15, 0.2) is 30.3 Å². The molecule has 2 heterocycles. The first kappa shape index (κ1) is 9.81. The molecule has 4 heteroatoms. The van der Waals surface area contributed by atoms with Gasteiger partial charge >= 0.3 is 0 Å². The Kier molecular flexibility index (Phi) is 2.19. The molecule has 2 aliphatic rings. The van der Waals surface area contributed by atoms with Crippen molar-refractivity contribution in [3.8, 4) is 0 Å². The Morgan fingerprint density at radius 3 is 2.94 bits per heavy atom. The van der Waals surface area contributed by atoms with E-state index in [4.69, 9.17) is 4.74 Å². The van der Waals surface area contributed by atoms with Crippen molar-refractivity contribution in [3.05, 3.63) is 35.9 Å². The number of carbonyl (C=O) groups is 1. The second-order valence-corrected chi connectivity index (χ2v) is 4.19. The lowest BCUT2D eigenvalue weighted by atomic mass is 9.98. The van der Waals surface area contributed by atoms with E-state index in [9.17, 15) is 4.79 Å². The number of carbonyl (C=O) groups excluding carboxylic acids is 1. The highest BCUT2D eigenvalue weighted by Crippen LogP contribution is 2.32. The molecule has 0 aliphatic carbocycles. The summed E-state index contributed by atoms with van der Waals surface area (Å²) in [6.07, 6.45) is 0. The van der Waals surface area contributed by atoms with Gasteiger partial charge in [-0.3, -0.25) is 10.1 Å². The summed E-state index contributed by atoms with van der Waals surface area (Å²) >= 11 is 0. The number of benzene rings is 1. The summed E-state index contributed by atoms with van der Waals surface area (Å²) in [6, 6.07) is 10.0. The molecule has 16 heavy (non-hydrogen) atoms. The van der Waals surface area contributed by atoms with Crippen LogP contribution >= 0.6 is 0 Å². The van der Waals surface area contributed by atoms with Gasteiger partial charge in [0.05, 0.1) is 6.61 Å². The molecule has 2 aliphatic heterocycles. The number of hydrogen-bond acceptors (Lipinski definition) is 3. The van der Waals surface area contributed by atoms with E-state index in [0.717, 1.165) is 18.7 Å². The van der Waals surface area contributed by atoms with Crippen LogP contribution in [0.5, 0.6) is 0 Å². The fourth-order valence-corrected chi connectivity index (χ4v) is 2.55. The minimum atomic E-state index is -0.434. The lowest BCUT2D eigenvalue weighted by molar-refractivity contribution is -0.156. The maximum absolute atomic E-state index is 11.8. The van der Waals surface area contributed by atoms with Gasteiger partial charge in [0.15, 0.2) is 0 Å². The van der Waals surface area contributed by atoms with E-state index in [1.54, 1.807) is 0 Å². The molecule has 1 N–H and O–H groups in total. The van der Waals surface area contributed by atoms with Crippen molar-refractivity contribution in [2.75, 3.05) is 26.3 Å². The number of fused-ring (bicyclic) bond motifs is 1. The summed E-state index contributed by atoms with van der Waals surface area (Å²) in [5, 5.41) is 3.40. The molecule has 0 spiro atoms. The lowest BCUT2D eigenvalue weighted by Gasteiger charge is -2.41. The fourth-order valence-electron chi connectivity index (χ4n) is 2.55. The van der Waals surface area contributed by atoms with Crippen LogP contribution in [0.25, 0.3) is 0 Å². The van der Waals surface area contributed by atoms with Gasteiger partial charge in [0.25, 0.3) is 0 Å². The van der Waals surface area contributed by atoms with Crippen molar-refractivity contribution >= 4 is 5.91 Å². The molecule has 84 valence electrons. The van der Waals surface area contributed by atoms with Crippen LogP contribution in [0.1, 0.15) is 5.56 Å². The smallest absolute Gasteiger partial charge is 0.250 e. The molecule has 0 aromatic heterocycles. The van der Waals surface area contributed by atoms with Gasteiger partial charge in [0.2, 0.25) is 5.91 Å².